The summed E-state index contributed by atoms with van der Waals surface area (Å²) >= 11 is 0. The molecule has 0 bridgehead atoms. The summed E-state index contributed by atoms with van der Waals surface area (Å²) in [5, 5.41) is 3.57. The molecule has 0 saturated heterocycles. The van der Waals surface area contributed by atoms with Crippen molar-refractivity contribution in [3.63, 3.8) is 0 Å². The fourth-order valence-corrected chi connectivity index (χ4v) is 7.89. The first kappa shape index (κ1) is 33.0. The van der Waals surface area contributed by atoms with E-state index in [1.54, 1.807) is 55.1 Å². The monoisotopic (exact) mass is 733 g/mol. The fourth-order valence-electron chi connectivity index (χ4n) is 7.89. The molecule has 6 aromatic carbocycles. The lowest BCUT2D eigenvalue weighted by Crippen LogP contribution is -2.09. The van der Waals surface area contributed by atoms with Gasteiger partial charge in [0.2, 0.25) is 5.69 Å². The Kier molecular flexibility index (Phi) is 7.50. The third-order valence-corrected chi connectivity index (χ3v) is 10.2. The quantitative estimate of drug-likeness (QED) is 0.165. The van der Waals surface area contributed by atoms with Crippen molar-refractivity contribution >= 4 is 49.3 Å². The van der Waals surface area contributed by atoms with E-state index < -0.39 is 11.7 Å². The highest BCUT2D eigenvalue weighted by molar-refractivity contribution is 6.13. The van der Waals surface area contributed by atoms with E-state index in [1.807, 2.05) is 94.1 Å². The zero-order chi connectivity index (χ0) is 38.0. The lowest BCUT2D eigenvalue weighted by Gasteiger charge is -2.22. The molecule has 10 aromatic rings. The summed E-state index contributed by atoms with van der Waals surface area (Å²) in [6.07, 6.45) is 2.10. The van der Waals surface area contributed by atoms with Crippen LogP contribution in [-0.2, 0) is 6.18 Å². The van der Waals surface area contributed by atoms with Gasteiger partial charge < -0.3 is 9.13 Å². The van der Waals surface area contributed by atoms with Crippen molar-refractivity contribution in [1.82, 2.24) is 29.1 Å². The number of alkyl halides is 3. The van der Waals surface area contributed by atoms with Gasteiger partial charge in [-0.3, -0.25) is 0 Å². The molecule has 0 N–H and O–H groups in total. The Labute approximate surface area is 317 Å². The van der Waals surface area contributed by atoms with Crippen molar-refractivity contribution in [2.24, 2.45) is 0 Å². The van der Waals surface area contributed by atoms with Gasteiger partial charge in [0.15, 0.2) is 11.6 Å². The largest absolute Gasteiger partial charge is 0.417 e. The number of benzene rings is 6. The van der Waals surface area contributed by atoms with E-state index in [0.29, 0.717) is 28.5 Å². The van der Waals surface area contributed by atoms with Gasteiger partial charge in [0.05, 0.1) is 45.6 Å². The van der Waals surface area contributed by atoms with Crippen LogP contribution in [0.4, 0.5) is 18.9 Å². The number of hydrogen-bond donors (Lipinski definition) is 0. The summed E-state index contributed by atoms with van der Waals surface area (Å²) in [5.41, 5.74) is 5.23. The Morgan fingerprint density at radius 1 is 0.482 bits per heavy atom. The van der Waals surface area contributed by atoms with Gasteiger partial charge in [-0.25, -0.2) is 24.8 Å². The molecule has 0 atom stereocenters. The van der Waals surface area contributed by atoms with Crippen molar-refractivity contribution in [1.29, 1.82) is 0 Å². The number of hydrogen-bond acceptors (Lipinski definition) is 4. The molecule has 0 aliphatic carbocycles. The van der Waals surface area contributed by atoms with Crippen molar-refractivity contribution in [2.45, 2.75) is 6.18 Å². The Hall–Kier alpha value is -7.64. The van der Waals surface area contributed by atoms with Crippen molar-refractivity contribution < 1.29 is 13.2 Å². The van der Waals surface area contributed by atoms with Gasteiger partial charge >= 0.3 is 6.18 Å². The van der Waals surface area contributed by atoms with Crippen molar-refractivity contribution in [3.05, 3.63) is 175 Å². The molecule has 0 radical (unpaired) electrons. The lowest BCUT2D eigenvalue weighted by atomic mass is 9.96. The van der Waals surface area contributed by atoms with Gasteiger partial charge in [0.1, 0.15) is 0 Å². The van der Waals surface area contributed by atoms with E-state index in [1.165, 1.54) is 12.1 Å². The van der Waals surface area contributed by atoms with E-state index in [9.17, 15) is 13.2 Å². The summed E-state index contributed by atoms with van der Waals surface area (Å²) in [5.74, 6) is 1.12. The molecule has 4 heterocycles. The predicted octanol–water partition coefficient (Wildman–Crippen LogP) is 12.0. The predicted molar refractivity (Wildman–Crippen MR) is 214 cm³/mol. The summed E-state index contributed by atoms with van der Waals surface area (Å²) in [7, 11) is 0. The van der Waals surface area contributed by atoms with Gasteiger partial charge in [-0.2, -0.15) is 13.2 Å². The van der Waals surface area contributed by atoms with Crippen LogP contribution in [0, 0.1) is 6.57 Å². The molecule has 0 spiro atoms. The van der Waals surface area contributed by atoms with Crippen LogP contribution in [0.3, 0.4) is 0 Å². The first-order valence-corrected chi connectivity index (χ1v) is 17.7. The SMILES string of the molecule is [C-]#[N+]c1c(-n2c3ccccc3c3cc(-c4ncccn4)ccc32)ccc(-c2ccccc2C(F)(F)F)c1-n1c2ccccc2c2cc(-c3ncccn3)ccc21. The van der Waals surface area contributed by atoms with Gasteiger partial charge in [0.25, 0.3) is 0 Å². The first-order valence-electron chi connectivity index (χ1n) is 17.7. The molecule has 10 rings (SSSR count). The molecule has 10 heteroatoms. The maximum atomic E-state index is 14.8. The second-order valence-electron chi connectivity index (χ2n) is 13.3. The number of para-hydroxylation sites is 2. The van der Waals surface area contributed by atoms with Crippen LogP contribution in [0.5, 0.6) is 0 Å². The average molecular weight is 734 g/mol. The highest BCUT2D eigenvalue weighted by atomic mass is 19.4. The zero-order valence-electron chi connectivity index (χ0n) is 29.3. The molecular formula is C46H26F3N7. The number of aromatic nitrogens is 6. The van der Waals surface area contributed by atoms with Crippen LogP contribution >= 0.6 is 0 Å². The third-order valence-electron chi connectivity index (χ3n) is 10.2. The van der Waals surface area contributed by atoms with Crippen LogP contribution in [0.2, 0.25) is 0 Å². The Balaban J connectivity index is 1.33. The van der Waals surface area contributed by atoms with Crippen LogP contribution in [0.1, 0.15) is 5.56 Å². The number of fused-ring (bicyclic) bond motifs is 6. The third kappa shape index (κ3) is 5.13. The molecule has 0 amide bonds. The van der Waals surface area contributed by atoms with Gasteiger partial charge in [0, 0.05) is 57.5 Å². The molecular weight excluding hydrogens is 708 g/mol. The van der Waals surface area contributed by atoms with Gasteiger partial charge in [-0.1, -0.05) is 60.7 Å². The first-order chi connectivity index (χ1) is 27.4. The number of rotatable bonds is 5. The van der Waals surface area contributed by atoms with E-state index >= 15 is 0 Å². The summed E-state index contributed by atoms with van der Waals surface area (Å²) in [4.78, 5) is 22.0. The maximum Gasteiger partial charge on any atom is 0.417 e. The summed E-state index contributed by atoms with van der Waals surface area (Å²) in [6.45, 7) is 8.83. The molecule has 0 saturated carbocycles. The second-order valence-corrected chi connectivity index (χ2v) is 13.3. The smallest absolute Gasteiger partial charge is 0.319 e. The highest BCUT2D eigenvalue weighted by Gasteiger charge is 2.35. The number of halogens is 3. The minimum atomic E-state index is -4.65. The molecule has 0 unspecified atom stereocenters. The standard InChI is InChI=1S/C46H26F3N7/c1-50-42-41(55-37-14-6-3-11-31(37)34-26-28(16-19-39(34)55)44-51-22-8-23-52-44)21-18-33(30-10-2-5-13-36(30)46(47,48)49)43(42)56-38-15-7-4-12-32(38)35-27-29(17-20-40(35)56)45-53-24-9-25-54-45/h2-27H. The molecule has 266 valence electrons. The average Bonchev–Trinajstić information content (AvgIpc) is 3.75. The zero-order valence-corrected chi connectivity index (χ0v) is 29.3. The van der Waals surface area contributed by atoms with E-state index in [4.69, 9.17) is 6.57 Å². The van der Waals surface area contributed by atoms with Crippen LogP contribution < -0.4 is 0 Å². The molecule has 7 nitrogen and oxygen atoms in total. The maximum absolute atomic E-state index is 14.8. The normalized spacial score (nSPS) is 11.8. The van der Waals surface area contributed by atoms with Crippen molar-refractivity contribution in [2.75, 3.05) is 0 Å². The topological polar surface area (TPSA) is 65.8 Å². The van der Waals surface area contributed by atoms with Crippen LogP contribution in [-0.4, -0.2) is 29.1 Å². The lowest BCUT2D eigenvalue weighted by molar-refractivity contribution is -0.137. The fraction of sp³-hybridized carbons (Fsp3) is 0.0217. The second kappa shape index (κ2) is 12.7. The van der Waals surface area contributed by atoms with Crippen LogP contribution in [0.25, 0.3) is 93.7 Å². The molecule has 4 aromatic heterocycles. The Bertz CT molecular complexity index is 3200. The highest BCUT2D eigenvalue weighted by Crippen LogP contribution is 2.48. The minimum absolute atomic E-state index is 0.0265. The minimum Gasteiger partial charge on any atom is -0.319 e. The molecule has 0 fully saturated rings. The van der Waals surface area contributed by atoms with Crippen molar-refractivity contribution in [3.8, 4) is 45.3 Å². The Morgan fingerprint density at radius 3 is 1.55 bits per heavy atom. The summed E-state index contributed by atoms with van der Waals surface area (Å²) < 4.78 is 48.4. The number of nitrogens with zero attached hydrogens (tertiary/aromatic N) is 7. The van der Waals surface area contributed by atoms with E-state index in [2.05, 4.69) is 24.8 Å². The molecule has 56 heavy (non-hydrogen) atoms. The summed E-state index contributed by atoms with van der Waals surface area (Å²) in [6, 6.07) is 40.0. The van der Waals surface area contributed by atoms with Gasteiger partial charge in [-0.05, 0) is 83.9 Å². The molecule has 0 aliphatic rings. The Morgan fingerprint density at radius 2 is 0.982 bits per heavy atom. The van der Waals surface area contributed by atoms with E-state index in [0.717, 1.165) is 55.3 Å². The van der Waals surface area contributed by atoms with Gasteiger partial charge in [-0.15, -0.1) is 0 Å². The van der Waals surface area contributed by atoms with E-state index in [-0.39, 0.29) is 16.8 Å². The molecule has 0 aliphatic heterocycles. The van der Waals surface area contributed by atoms with Crippen LogP contribution in [0.15, 0.2) is 158 Å².